The first kappa shape index (κ1) is 17.7. The van der Waals surface area contributed by atoms with E-state index < -0.39 is 5.41 Å². The first-order valence-electron chi connectivity index (χ1n) is 9.37. The molecule has 5 heteroatoms. The van der Waals surface area contributed by atoms with E-state index in [1.165, 1.54) is 0 Å². The standard InChI is InChI=1S/C21H25NO3S/c23-20(21(9-14-24-15-10-21)17-5-2-1-3-6-17)22-11-8-19(26-16-12-22)18-7-4-13-25-18/h1-7,13,19H,8-12,14-16H2. The zero-order valence-corrected chi connectivity index (χ0v) is 15.7. The maximum Gasteiger partial charge on any atom is 0.233 e. The van der Waals surface area contributed by atoms with Crippen LogP contribution >= 0.6 is 11.8 Å². The quantitative estimate of drug-likeness (QED) is 0.817. The Bertz CT molecular complexity index is 710. The molecule has 1 aromatic carbocycles. The molecule has 3 heterocycles. The first-order valence-corrected chi connectivity index (χ1v) is 10.4. The zero-order chi connectivity index (χ0) is 17.8. The minimum atomic E-state index is -0.436. The third-order valence-corrected chi connectivity index (χ3v) is 6.86. The van der Waals surface area contributed by atoms with Gasteiger partial charge >= 0.3 is 0 Å². The second-order valence-electron chi connectivity index (χ2n) is 7.02. The molecule has 0 radical (unpaired) electrons. The summed E-state index contributed by atoms with van der Waals surface area (Å²) in [5.74, 6) is 2.24. The fourth-order valence-corrected chi connectivity index (χ4v) is 5.26. The van der Waals surface area contributed by atoms with Crippen molar-refractivity contribution in [3.8, 4) is 0 Å². The molecular weight excluding hydrogens is 346 g/mol. The van der Waals surface area contributed by atoms with E-state index in [-0.39, 0.29) is 5.91 Å². The summed E-state index contributed by atoms with van der Waals surface area (Å²) < 4.78 is 11.2. The Morgan fingerprint density at radius 3 is 2.62 bits per heavy atom. The molecule has 1 amide bonds. The second kappa shape index (κ2) is 7.89. The molecule has 2 aromatic rings. The fourth-order valence-electron chi connectivity index (χ4n) is 4.08. The van der Waals surface area contributed by atoms with Gasteiger partial charge in [0.15, 0.2) is 0 Å². The molecule has 26 heavy (non-hydrogen) atoms. The van der Waals surface area contributed by atoms with Gasteiger partial charge in [0.25, 0.3) is 0 Å². The van der Waals surface area contributed by atoms with Crippen molar-refractivity contribution in [3.05, 3.63) is 60.1 Å². The Balaban J connectivity index is 1.54. The van der Waals surface area contributed by atoms with Gasteiger partial charge in [0.2, 0.25) is 5.91 Å². The fraction of sp³-hybridized carbons (Fsp3) is 0.476. The highest BCUT2D eigenvalue weighted by atomic mass is 32.2. The Hall–Kier alpha value is -1.72. The first-order chi connectivity index (χ1) is 12.8. The number of thioether (sulfide) groups is 1. The van der Waals surface area contributed by atoms with Crippen molar-refractivity contribution in [2.75, 3.05) is 32.1 Å². The molecule has 2 fully saturated rings. The van der Waals surface area contributed by atoms with Crippen LogP contribution in [0.1, 0.15) is 35.8 Å². The SMILES string of the molecule is O=C(N1CCSC(c2ccco2)CC1)C1(c2ccccc2)CCOCC1. The lowest BCUT2D eigenvalue weighted by molar-refractivity contribution is -0.141. The van der Waals surface area contributed by atoms with E-state index in [0.29, 0.717) is 18.5 Å². The van der Waals surface area contributed by atoms with Crippen LogP contribution < -0.4 is 0 Å². The third kappa shape index (κ3) is 3.42. The van der Waals surface area contributed by atoms with Gasteiger partial charge in [-0.2, -0.15) is 0 Å². The number of amides is 1. The van der Waals surface area contributed by atoms with Gasteiger partial charge in [-0.1, -0.05) is 30.3 Å². The number of rotatable bonds is 3. The molecule has 4 nitrogen and oxygen atoms in total. The normalized spacial score (nSPS) is 23.4. The number of hydrogen-bond acceptors (Lipinski definition) is 4. The summed E-state index contributed by atoms with van der Waals surface area (Å²) in [7, 11) is 0. The van der Waals surface area contributed by atoms with Gasteiger partial charge in [-0.3, -0.25) is 4.79 Å². The molecule has 138 valence electrons. The summed E-state index contributed by atoms with van der Waals surface area (Å²) in [6.45, 7) is 2.89. The van der Waals surface area contributed by atoms with Crippen LogP contribution in [0.4, 0.5) is 0 Å². The van der Waals surface area contributed by atoms with Crippen molar-refractivity contribution in [2.45, 2.75) is 29.9 Å². The molecule has 1 atom stereocenters. The van der Waals surface area contributed by atoms with Gasteiger partial charge in [0, 0.05) is 32.1 Å². The summed E-state index contributed by atoms with van der Waals surface area (Å²) in [5, 5.41) is 0.338. The summed E-state index contributed by atoms with van der Waals surface area (Å²) in [6, 6.07) is 14.3. The predicted molar refractivity (Wildman–Crippen MR) is 103 cm³/mol. The molecular formula is C21H25NO3S. The molecule has 2 aliphatic rings. The smallest absolute Gasteiger partial charge is 0.233 e. The van der Waals surface area contributed by atoms with Crippen molar-refractivity contribution in [1.29, 1.82) is 0 Å². The molecule has 0 aliphatic carbocycles. The van der Waals surface area contributed by atoms with Crippen LogP contribution in [0.3, 0.4) is 0 Å². The number of hydrogen-bond donors (Lipinski definition) is 0. The molecule has 1 unspecified atom stereocenters. The van der Waals surface area contributed by atoms with Gasteiger partial charge in [0.1, 0.15) is 5.76 Å². The highest BCUT2D eigenvalue weighted by molar-refractivity contribution is 7.99. The summed E-state index contributed by atoms with van der Waals surface area (Å²) in [5.41, 5.74) is 0.696. The summed E-state index contributed by atoms with van der Waals surface area (Å²) >= 11 is 1.89. The van der Waals surface area contributed by atoms with Crippen molar-refractivity contribution in [1.82, 2.24) is 4.90 Å². The van der Waals surface area contributed by atoms with Crippen molar-refractivity contribution >= 4 is 17.7 Å². The number of benzene rings is 1. The van der Waals surface area contributed by atoms with Crippen LogP contribution in [-0.4, -0.2) is 42.9 Å². The molecule has 0 saturated carbocycles. The predicted octanol–water partition coefficient (Wildman–Crippen LogP) is 4.03. The minimum Gasteiger partial charge on any atom is -0.468 e. The van der Waals surface area contributed by atoms with Gasteiger partial charge in [-0.15, -0.1) is 11.8 Å². The highest BCUT2D eigenvalue weighted by Gasteiger charge is 2.44. The summed E-state index contributed by atoms with van der Waals surface area (Å²) in [4.78, 5) is 15.7. The average molecular weight is 372 g/mol. The van der Waals surface area contributed by atoms with Gasteiger partial charge in [-0.05, 0) is 37.0 Å². The maximum atomic E-state index is 13.7. The van der Waals surface area contributed by atoms with E-state index in [9.17, 15) is 4.79 Å². The number of ether oxygens (including phenoxy) is 1. The number of carbonyl (C=O) groups excluding carboxylic acids is 1. The maximum absolute atomic E-state index is 13.7. The molecule has 4 rings (SSSR count). The van der Waals surface area contributed by atoms with Crippen LogP contribution in [0.5, 0.6) is 0 Å². The number of carbonyl (C=O) groups is 1. The molecule has 0 bridgehead atoms. The van der Waals surface area contributed by atoms with Crippen LogP contribution in [0.15, 0.2) is 53.1 Å². The lowest BCUT2D eigenvalue weighted by Crippen LogP contribution is -2.50. The molecule has 2 aliphatic heterocycles. The largest absolute Gasteiger partial charge is 0.468 e. The molecule has 1 aromatic heterocycles. The van der Waals surface area contributed by atoms with E-state index in [2.05, 4.69) is 17.0 Å². The van der Waals surface area contributed by atoms with E-state index in [1.54, 1.807) is 6.26 Å². The van der Waals surface area contributed by atoms with Gasteiger partial charge < -0.3 is 14.1 Å². The van der Waals surface area contributed by atoms with Crippen molar-refractivity contribution in [2.24, 2.45) is 0 Å². The zero-order valence-electron chi connectivity index (χ0n) is 14.9. The second-order valence-corrected chi connectivity index (χ2v) is 8.33. The van der Waals surface area contributed by atoms with Crippen LogP contribution in [0.25, 0.3) is 0 Å². The Morgan fingerprint density at radius 2 is 1.88 bits per heavy atom. The number of furan rings is 1. The van der Waals surface area contributed by atoms with Crippen molar-refractivity contribution in [3.63, 3.8) is 0 Å². The van der Waals surface area contributed by atoms with Crippen LogP contribution in [0.2, 0.25) is 0 Å². The highest BCUT2D eigenvalue weighted by Crippen LogP contribution is 2.39. The van der Waals surface area contributed by atoms with E-state index in [0.717, 1.165) is 49.4 Å². The topological polar surface area (TPSA) is 42.7 Å². The van der Waals surface area contributed by atoms with Gasteiger partial charge in [-0.25, -0.2) is 0 Å². The molecule has 0 spiro atoms. The molecule has 2 saturated heterocycles. The van der Waals surface area contributed by atoms with E-state index in [1.807, 2.05) is 42.1 Å². The van der Waals surface area contributed by atoms with Crippen LogP contribution in [0, 0.1) is 0 Å². The Kier molecular flexibility index (Phi) is 5.36. The average Bonchev–Trinajstić information content (AvgIpc) is 3.13. The van der Waals surface area contributed by atoms with E-state index >= 15 is 0 Å². The lowest BCUT2D eigenvalue weighted by Gasteiger charge is -2.40. The molecule has 0 N–H and O–H groups in total. The Labute approximate surface area is 158 Å². The monoisotopic (exact) mass is 371 g/mol. The van der Waals surface area contributed by atoms with E-state index in [4.69, 9.17) is 9.15 Å². The lowest BCUT2D eigenvalue weighted by atomic mass is 9.73. The van der Waals surface area contributed by atoms with Gasteiger partial charge in [0.05, 0.1) is 16.9 Å². The third-order valence-electron chi connectivity index (χ3n) is 5.57. The Morgan fingerprint density at radius 1 is 1.08 bits per heavy atom. The van der Waals surface area contributed by atoms with Crippen molar-refractivity contribution < 1.29 is 13.9 Å². The summed E-state index contributed by atoms with van der Waals surface area (Å²) in [6.07, 6.45) is 4.20. The minimum absolute atomic E-state index is 0.271. The van der Waals surface area contributed by atoms with Crippen LogP contribution in [-0.2, 0) is 14.9 Å². The number of nitrogens with zero attached hydrogens (tertiary/aromatic N) is 1.